The third kappa shape index (κ3) is 4.39. The standard InChI is InChI=1S/C16H20F3N3O2/c1-21(2)13-5-3-12(4-6-13)20-14(23)11-7-9-22(10-8-11)15(24)16(17,18)19/h3-6,11H,7-10H2,1-2H3,(H,20,23). The Morgan fingerprint density at radius 2 is 1.67 bits per heavy atom. The summed E-state index contributed by atoms with van der Waals surface area (Å²) < 4.78 is 37.2. The van der Waals surface area contributed by atoms with Gasteiger partial charge in [-0.3, -0.25) is 9.59 Å². The summed E-state index contributed by atoms with van der Waals surface area (Å²) >= 11 is 0. The molecule has 0 atom stereocenters. The van der Waals surface area contributed by atoms with Crippen molar-refractivity contribution in [2.75, 3.05) is 37.4 Å². The second-order valence-electron chi connectivity index (χ2n) is 5.99. The molecule has 0 saturated carbocycles. The lowest BCUT2D eigenvalue weighted by Crippen LogP contribution is -2.46. The summed E-state index contributed by atoms with van der Waals surface area (Å²) in [7, 11) is 3.81. The summed E-state index contributed by atoms with van der Waals surface area (Å²) in [6.45, 7) is -0.119. The number of amides is 2. The van der Waals surface area contributed by atoms with Crippen LogP contribution in [-0.2, 0) is 9.59 Å². The summed E-state index contributed by atoms with van der Waals surface area (Å²) in [5.74, 6) is -2.46. The topological polar surface area (TPSA) is 52.7 Å². The molecule has 1 aromatic rings. The monoisotopic (exact) mass is 343 g/mol. The van der Waals surface area contributed by atoms with E-state index in [1.807, 2.05) is 31.1 Å². The normalized spacial score (nSPS) is 16.0. The molecule has 0 unspecified atom stereocenters. The van der Waals surface area contributed by atoms with E-state index in [0.717, 1.165) is 10.6 Å². The zero-order valence-electron chi connectivity index (χ0n) is 13.6. The highest BCUT2D eigenvalue weighted by molar-refractivity contribution is 5.93. The highest BCUT2D eigenvalue weighted by Crippen LogP contribution is 2.25. The van der Waals surface area contributed by atoms with Crippen LogP contribution in [0.4, 0.5) is 24.5 Å². The largest absolute Gasteiger partial charge is 0.471 e. The fourth-order valence-corrected chi connectivity index (χ4v) is 2.61. The molecular formula is C16H20F3N3O2. The van der Waals surface area contributed by atoms with Gasteiger partial charge in [-0.05, 0) is 37.1 Å². The third-order valence-corrected chi connectivity index (χ3v) is 4.05. The molecule has 0 aliphatic carbocycles. The minimum absolute atomic E-state index is 0.0595. The number of carbonyl (C=O) groups is 2. The smallest absolute Gasteiger partial charge is 0.378 e. The van der Waals surface area contributed by atoms with Crippen molar-refractivity contribution >= 4 is 23.2 Å². The molecule has 0 radical (unpaired) electrons. The van der Waals surface area contributed by atoms with Gasteiger partial charge in [-0.1, -0.05) is 0 Å². The van der Waals surface area contributed by atoms with Crippen LogP contribution in [-0.4, -0.2) is 50.1 Å². The Labute approximate surface area is 138 Å². The van der Waals surface area contributed by atoms with E-state index in [1.54, 1.807) is 12.1 Å². The second-order valence-corrected chi connectivity index (χ2v) is 5.99. The maximum atomic E-state index is 12.4. The molecule has 1 aliphatic heterocycles. The predicted molar refractivity (Wildman–Crippen MR) is 84.8 cm³/mol. The van der Waals surface area contributed by atoms with Gasteiger partial charge in [-0.25, -0.2) is 0 Å². The first-order valence-corrected chi connectivity index (χ1v) is 7.63. The van der Waals surface area contributed by atoms with Crippen molar-refractivity contribution in [3.8, 4) is 0 Å². The molecule has 132 valence electrons. The molecule has 2 rings (SSSR count). The van der Waals surface area contributed by atoms with Gasteiger partial charge in [0.25, 0.3) is 0 Å². The van der Waals surface area contributed by atoms with Crippen molar-refractivity contribution < 1.29 is 22.8 Å². The van der Waals surface area contributed by atoms with Gasteiger partial charge in [0.05, 0.1) is 0 Å². The number of benzene rings is 1. The first kappa shape index (κ1) is 18.1. The summed E-state index contributed by atoms with van der Waals surface area (Å²) in [6, 6.07) is 7.27. The molecule has 1 aromatic carbocycles. The summed E-state index contributed by atoms with van der Waals surface area (Å²) in [6.07, 6.45) is -4.41. The second kappa shape index (κ2) is 7.11. The summed E-state index contributed by atoms with van der Waals surface area (Å²) in [5, 5.41) is 2.77. The fraction of sp³-hybridized carbons (Fsp3) is 0.500. The minimum atomic E-state index is -4.86. The third-order valence-electron chi connectivity index (χ3n) is 4.05. The average molecular weight is 343 g/mol. The van der Waals surface area contributed by atoms with E-state index in [0.29, 0.717) is 5.69 Å². The van der Waals surface area contributed by atoms with Crippen molar-refractivity contribution in [3.05, 3.63) is 24.3 Å². The van der Waals surface area contributed by atoms with Gasteiger partial charge in [0, 0.05) is 44.5 Å². The maximum Gasteiger partial charge on any atom is 0.471 e. The van der Waals surface area contributed by atoms with Crippen molar-refractivity contribution in [1.29, 1.82) is 0 Å². The number of nitrogens with zero attached hydrogens (tertiary/aromatic N) is 2. The lowest BCUT2D eigenvalue weighted by Gasteiger charge is -2.31. The number of hydrogen-bond donors (Lipinski definition) is 1. The molecule has 1 fully saturated rings. The number of piperidine rings is 1. The van der Waals surface area contributed by atoms with Gasteiger partial charge < -0.3 is 15.1 Å². The highest BCUT2D eigenvalue weighted by atomic mass is 19.4. The molecule has 5 nitrogen and oxygen atoms in total. The summed E-state index contributed by atoms with van der Waals surface area (Å²) in [5.41, 5.74) is 1.63. The van der Waals surface area contributed by atoms with Gasteiger partial charge in [-0.15, -0.1) is 0 Å². The average Bonchev–Trinajstić information content (AvgIpc) is 2.54. The lowest BCUT2D eigenvalue weighted by molar-refractivity contribution is -0.186. The van der Waals surface area contributed by atoms with Crippen molar-refractivity contribution in [3.63, 3.8) is 0 Å². The molecule has 8 heteroatoms. The minimum Gasteiger partial charge on any atom is -0.378 e. The number of anilines is 2. The molecule has 1 heterocycles. The maximum absolute atomic E-state index is 12.4. The Hall–Kier alpha value is -2.25. The van der Waals surface area contributed by atoms with Crippen molar-refractivity contribution in [2.45, 2.75) is 19.0 Å². The Morgan fingerprint density at radius 1 is 1.12 bits per heavy atom. The number of carbonyl (C=O) groups excluding carboxylic acids is 2. The van der Waals surface area contributed by atoms with Gasteiger partial charge in [0.2, 0.25) is 5.91 Å². The first-order chi connectivity index (χ1) is 11.2. The van der Waals surface area contributed by atoms with E-state index >= 15 is 0 Å². The van der Waals surface area contributed by atoms with Crippen LogP contribution in [0.1, 0.15) is 12.8 Å². The molecule has 2 amide bonds. The van der Waals surface area contributed by atoms with Crippen LogP contribution in [0, 0.1) is 5.92 Å². The Bertz CT molecular complexity index is 592. The number of alkyl halides is 3. The Balaban J connectivity index is 1.88. The molecule has 0 spiro atoms. The molecular weight excluding hydrogens is 323 g/mol. The molecule has 0 aromatic heterocycles. The van der Waals surface area contributed by atoms with Crippen LogP contribution in [0.25, 0.3) is 0 Å². The lowest BCUT2D eigenvalue weighted by atomic mass is 9.95. The Kier molecular flexibility index (Phi) is 5.36. The predicted octanol–water partition coefficient (Wildman–Crippen LogP) is 2.49. The number of hydrogen-bond acceptors (Lipinski definition) is 3. The van der Waals surface area contributed by atoms with Gasteiger partial charge >= 0.3 is 12.1 Å². The van der Waals surface area contributed by atoms with Crippen LogP contribution in [0.3, 0.4) is 0 Å². The first-order valence-electron chi connectivity index (χ1n) is 7.63. The van der Waals surface area contributed by atoms with Crippen molar-refractivity contribution in [2.24, 2.45) is 5.92 Å². The van der Waals surface area contributed by atoms with E-state index < -0.39 is 18.0 Å². The van der Waals surface area contributed by atoms with Crippen LogP contribution >= 0.6 is 0 Å². The zero-order chi connectivity index (χ0) is 17.9. The van der Waals surface area contributed by atoms with E-state index in [9.17, 15) is 22.8 Å². The molecule has 1 N–H and O–H groups in total. The summed E-state index contributed by atoms with van der Waals surface area (Å²) in [4.78, 5) is 26.1. The number of rotatable bonds is 3. The van der Waals surface area contributed by atoms with Gasteiger partial charge in [0.1, 0.15) is 0 Å². The van der Waals surface area contributed by atoms with E-state index in [2.05, 4.69) is 5.32 Å². The van der Waals surface area contributed by atoms with Crippen LogP contribution in [0.15, 0.2) is 24.3 Å². The van der Waals surface area contributed by atoms with Crippen molar-refractivity contribution in [1.82, 2.24) is 4.90 Å². The van der Waals surface area contributed by atoms with E-state index in [-0.39, 0.29) is 31.8 Å². The zero-order valence-corrected chi connectivity index (χ0v) is 13.6. The van der Waals surface area contributed by atoms with Gasteiger partial charge in [-0.2, -0.15) is 13.2 Å². The van der Waals surface area contributed by atoms with Crippen LogP contribution < -0.4 is 10.2 Å². The van der Waals surface area contributed by atoms with Crippen LogP contribution in [0.5, 0.6) is 0 Å². The fourth-order valence-electron chi connectivity index (χ4n) is 2.61. The number of likely N-dealkylation sites (tertiary alicyclic amines) is 1. The Morgan fingerprint density at radius 3 is 2.12 bits per heavy atom. The van der Waals surface area contributed by atoms with E-state index in [1.165, 1.54) is 0 Å². The molecule has 0 bridgehead atoms. The van der Waals surface area contributed by atoms with Crippen LogP contribution in [0.2, 0.25) is 0 Å². The SMILES string of the molecule is CN(C)c1ccc(NC(=O)C2CCN(C(=O)C(F)(F)F)CC2)cc1. The number of nitrogens with one attached hydrogen (secondary N) is 1. The quantitative estimate of drug-likeness (QED) is 0.917. The highest BCUT2D eigenvalue weighted by Gasteiger charge is 2.43. The molecule has 1 aliphatic rings. The van der Waals surface area contributed by atoms with E-state index in [4.69, 9.17) is 0 Å². The molecule has 1 saturated heterocycles. The van der Waals surface area contributed by atoms with Gasteiger partial charge in [0.15, 0.2) is 0 Å². The number of halogens is 3. The molecule has 24 heavy (non-hydrogen) atoms.